The van der Waals surface area contributed by atoms with Crippen LogP contribution >= 0.6 is 11.6 Å². The Kier molecular flexibility index (Phi) is 4.84. The molecule has 0 unspecified atom stereocenters. The fourth-order valence-corrected chi connectivity index (χ4v) is 3.03. The van der Waals surface area contributed by atoms with Crippen molar-refractivity contribution in [3.05, 3.63) is 99.8 Å². The molecule has 6 heteroatoms. The Bertz CT molecular complexity index is 1090. The van der Waals surface area contributed by atoms with Crippen LogP contribution in [0.4, 0.5) is 8.78 Å². The number of Topliss-reactive ketones (excluding diaryl/α,β-unsaturated/α-hetero) is 1. The summed E-state index contributed by atoms with van der Waals surface area (Å²) in [5.41, 5.74) is 0.838. The average molecular weight is 399 g/mol. The highest BCUT2D eigenvalue weighted by Crippen LogP contribution is 2.35. The van der Waals surface area contributed by atoms with Gasteiger partial charge in [0.2, 0.25) is 5.78 Å². The van der Waals surface area contributed by atoms with E-state index in [1.807, 2.05) is 0 Å². The molecule has 3 aromatic carbocycles. The van der Waals surface area contributed by atoms with Crippen molar-refractivity contribution in [2.45, 2.75) is 6.61 Å². The number of allylic oxidation sites excluding steroid dienone is 1. The quantitative estimate of drug-likeness (QED) is 0.520. The predicted octanol–water partition coefficient (Wildman–Crippen LogP) is 5.81. The number of ether oxygens (including phenoxy) is 2. The lowest BCUT2D eigenvalue weighted by Crippen LogP contribution is -1.99. The zero-order chi connectivity index (χ0) is 19.7. The third-order valence-electron chi connectivity index (χ3n) is 4.28. The highest BCUT2D eigenvalue weighted by molar-refractivity contribution is 6.31. The molecular formula is C22H13ClF2O3. The number of fused-ring (bicyclic) bond motifs is 1. The van der Waals surface area contributed by atoms with Gasteiger partial charge in [0.25, 0.3) is 0 Å². The SMILES string of the molecule is O=C1/C(=C/c2ccccc2F)Oc2cc(OCc3c(F)cccc3Cl)ccc21. The van der Waals surface area contributed by atoms with Crippen molar-refractivity contribution in [1.82, 2.24) is 0 Å². The summed E-state index contributed by atoms with van der Waals surface area (Å²) >= 11 is 5.99. The van der Waals surface area contributed by atoms with E-state index in [1.165, 1.54) is 30.3 Å². The summed E-state index contributed by atoms with van der Waals surface area (Å²) in [6.07, 6.45) is 1.36. The number of rotatable bonds is 4. The van der Waals surface area contributed by atoms with Crippen LogP contribution in [0.3, 0.4) is 0 Å². The molecule has 0 amide bonds. The highest BCUT2D eigenvalue weighted by atomic mass is 35.5. The first-order valence-electron chi connectivity index (χ1n) is 8.41. The van der Waals surface area contributed by atoms with Crippen LogP contribution in [0.1, 0.15) is 21.5 Å². The molecule has 0 aliphatic carbocycles. The van der Waals surface area contributed by atoms with Crippen LogP contribution in [0, 0.1) is 11.6 Å². The summed E-state index contributed by atoms with van der Waals surface area (Å²) in [5, 5.41) is 0.266. The zero-order valence-electron chi connectivity index (χ0n) is 14.4. The minimum absolute atomic E-state index is 0.0226. The molecular weight excluding hydrogens is 386 g/mol. The van der Waals surface area contributed by atoms with E-state index in [0.717, 1.165) is 0 Å². The van der Waals surface area contributed by atoms with Crippen molar-refractivity contribution in [2.24, 2.45) is 0 Å². The summed E-state index contributed by atoms with van der Waals surface area (Å²) in [6.45, 7) is -0.0733. The van der Waals surface area contributed by atoms with Gasteiger partial charge in [-0.15, -0.1) is 0 Å². The molecule has 3 nitrogen and oxygen atoms in total. The molecule has 3 aromatic rings. The maximum atomic E-state index is 13.8. The van der Waals surface area contributed by atoms with Gasteiger partial charge in [-0.3, -0.25) is 4.79 Å². The molecule has 1 aliphatic heterocycles. The van der Waals surface area contributed by atoms with E-state index in [9.17, 15) is 13.6 Å². The highest BCUT2D eigenvalue weighted by Gasteiger charge is 2.28. The van der Waals surface area contributed by atoms with Crippen molar-refractivity contribution >= 4 is 23.5 Å². The second-order valence-corrected chi connectivity index (χ2v) is 6.52. The Morgan fingerprint density at radius 3 is 2.57 bits per heavy atom. The van der Waals surface area contributed by atoms with Crippen LogP contribution in [-0.2, 0) is 6.61 Å². The summed E-state index contributed by atoms with van der Waals surface area (Å²) in [5.74, 6) is -0.553. The van der Waals surface area contributed by atoms with Gasteiger partial charge in [0, 0.05) is 17.2 Å². The fourth-order valence-electron chi connectivity index (χ4n) is 2.82. The van der Waals surface area contributed by atoms with Gasteiger partial charge in [0.15, 0.2) is 5.76 Å². The topological polar surface area (TPSA) is 35.5 Å². The first kappa shape index (κ1) is 18.2. The maximum Gasteiger partial charge on any atom is 0.231 e. The molecule has 4 rings (SSSR count). The Balaban J connectivity index is 1.55. The Morgan fingerprint density at radius 2 is 1.79 bits per heavy atom. The standard InChI is InChI=1S/C22H13ClF2O3/c23-17-5-3-7-19(25)16(17)12-27-14-8-9-15-20(11-14)28-21(22(15)26)10-13-4-1-2-6-18(13)24/h1-11H,12H2/b21-10-. The molecule has 0 spiro atoms. The molecule has 1 aliphatic rings. The molecule has 0 atom stereocenters. The normalized spacial score (nSPS) is 14.1. The summed E-state index contributed by atoms with van der Waals surface area (Å²) < 4.78 is 38.8. The minimum atomic E-state index is -0.463. The number of hydrogen-bond donors (Lipinski definition) is 0. The Hall–Kier alpha value is -3.18. The number of halogens is 3. The molecule has 0 aromatic heterocycles. The monoisotopic (exact) mass is 398 g/mol. The van der Waals surface area contributed by atoms with Crippen LogP contribution in [0.2, 0.25) is 5.02 Å². The largest absolute Gasteiger partial charge is 0.489 e. The van der Waals surface area contributed by atoms with Crippen LogP contribution < -0.4 is 9.47 Å². The number of benzene rings is 3. The van der Waals surface area contributed by atoms with Crippen LogP contribution in [0.25, 0.3) is 6.08 Å². The van der Waals surface area contributed by atoms with E-state index in [0.29, 0.717) is 17.1 Å². The van der Waals surface area contributed by atoms with Crippen LogP contribution in [-0.4, -0.2) is 5.78 Å². The van der Waals surface area contributed by atoms with E-state index < -0.39 is 11.6 Å². The molecule has 0 N–H and O–H groups in total. The molecule has 0 saturated heterocycles. The summed E-state index contributed by atoms with van der Waals surface area (Å²) in [6, 6.07) is 15.1. The first-order valence-corrected chi connectivity index (χ1v) is 8.79. The van der Waals surface area contributed by atoms with E-state index in [-0.39, 0.29) is 34.3 Å². The van der Waals surface area contributed by atoms with Gasteiger partial charge < -0.3 is 9.47 Å². The molecule has 0 saturated carbocycles. The molecule has 1 heterocycles. The summed E-state index contributed by atoms with van der Waals surface area (Å²) in [7, 11) is 0. The molecule has 140 valence electrons. The predicted molar refractivity (Wildman–Crippen MR) is 102 cm³/mol. The first-order chi connectivity index (χ1) is 13.5. The molecule has 0 fully saturated rings. The van der Waals surface area contributed by atoms with Gasteiger partial charge in [-0.05, 0) is 36.4 Å². The average Bonchev–Trinajstić information content (AvgIpc) is 2.98. The smallest absolute Gasteiger partial charge is 0.231 e. The summed E-state index contributed by atoms with van der Waals surface area (Å²) in [4.78, 5) is 12.5. The van der Waals surface area contributed by atoms with Crippen molar-refractivity contribution in [3.63, 3.8) is 0 Å². The van der Waals surface area contributed by atoms with E-state index in [1.54, 1.807) is 36.4 Å². The van der Waals surface area contributed by atoms with Crippen molar-refractivity contribution in [3.8, 4) is 11.5 Å². The molecule has 28 heavy (non-hydrogen) atoms. The fraction of sp³-hybridized carbons (Fsp3) is 0.0455. The van der Waals surface area contributed by atoms with Gasteiger partial charge >= 0.3 is 0 Å². The minimum Gasteiger partial charge on any atom is -0.489 e. The Morgan fingerprint density at radius 1 is 1.00 bits per heavy atom. The van der Waals surface area contributed by atoms with Gasteiger partial charge in [-0.1, -0.05) is 35.9 Å². The number of carbonyl (C=O) groups is 1. The number of hydrogen-bond acceptors (Lipinski definition) is 3. The van der Waals surface area contributed by atoms with Gasteiger partial charge in [-0.2, -0.15) is 0 Å². The van der Waals surface area contributed by atoms with Gasteiger partial charge in [-0.25, -0.2) is 8.78 Å². The lowest BCUT2D eigenvalue weighted by Gasteiger charge is -2.09. The Labute approximate surface area is 164 Å². The molecule has 0 radical (unpaired) electrons. The second kappa shape index (κ2) is 7.44. The third-order valence-corrected chi connectivity index (χ3v) is 4.63. The van der Waals surface area contributed by atoms with Gasteiger partial charge in [0.05, 0.1) is 10.6 Å². The lowest BCUT2D eigenvalue weighted by molar-refractivity contribution is 0.101. The maximum absolute atomic E-state index is 13.8. The van der Waals surface area contributed by atoms with Gasteiger partial charge in [0.1, 0.15) is 29.7 Å². The van der Waals surface area contributed by atoms with Crippen molar-refractivity contribution in [1.29, 1.82) is 0 Å². The van der Waals surface area contributed by atoms with Crippen molar-refractivity contribution < 1.29 is 23.0 Å². The van der Waals surface area contributed by atoms with Crippen LogP contribution in [0.15, 0.2) is 66.4 Å². The zero-order valence-corrected chi connectivity index (χ0v) is 15.2. The lowest BCUT2D eigenvalue weighted by atomic mass is 10.1. The van der Waals surface area contributed by atoms with E-state index >= 15 is 0 Å². The molecule has 0 bridgehead atoms. The number of carbonyl (C=O) groups excluding carboxylic acids is 1. The van der Waals surface area contributed by atoms with Crippen molar-refractivity contribution in [2.75, 3.05) is 0 Å². The van der Waals surface area contributed by atoms with Crippen LogP contribution in [0.5, 0.6) is 11.5 Å². The van der Waals surface area contributed by atoms with E-state index in [2.05, 4.69) is 0 Å². The second-order valence-electron chi connectivity index (χ2n) is 6.11. The number of ketones is 1. The third kappa shape index (κ3) is 3.49. The van der Waals surface area contributed by atoms with E-state index in [4.69, 9.17) is 21.1 Å².